The summed E-state index contributed by atoms with van der Waals surface area (Å²) in [6.45, 7) is 7.28. The van der Waals surface area contributed by atoms with Crippen molar-refractivity contribution in [2.24, 2.45) is 5.73 Å². The summed E-state index contributed by atoms with van der Waals surface area (Å²) >= 11 is 0. The van der Waals surface area contributed by atoms with Crippen molar-refractivity contribution in [3.05, 3.63) is 17.0 Å². The van der Waals surface area contributed by atoms with Crippen molar-refractivity contribution in [2.45, 2.75) is 39.8 Å². The molecule has 1 heterocycles. The van der Waals surface area contributed by atoms with Gasteiger partial charge in [0.2, 0.25) is 0 Å². The number of aryl methyl sites for hydroxylation is 2. The Morgan fingerprint density at radius 2 is 2.14 bits per heavy atom. The minimum absolute atomic E-state index is 0.472. The third-order valence-corrected chi connectivity index (χ3v) is 2.51. The Labute approximate surface area is 84.7 Å². The molecule has 80 valence electrons. The minimum Gasteiger partial charge on any atom is -0.388 e. The van der Waals surface area contributed by atoms with Crippen LogP contribution in [0.4, 0.5) is 0 Å². The summed E-state index contributed by atoms with van der Waals surface area (Å²) in [5, 5.41) is 14.2. The number of hydrogen-bond donors (Lipinski definition) is 2. The van der Waals surface area contributed by atoms with E-state index in [4.69, 9.17) is 5.73 Å². The molecule has 0 aromatic carbocycles. The number of aliphatic hydroxyl groups excluding tert-OH is 1. The summed E-state index contributed by atoms with van der Waals surface area (Å²) in [6.07, 6.45) is 0.122. The van der Waals surface area contributed by atoms with Crippen LogP contribution >= 0.6 is 0 Å². The summed E-state index contributed by atoms with van der Waals surface area (Å²) in [6, 6.07) is 0. The zero-order valence-corrected chi connectivity index (χ0v) is 9.12. The maximum Gasteiger partial charge on any atom is 0.0837 e. The van der Waals surface area contributed by atoms with Gasteiger partial charge in [-0.25, -0.2) is 0 Å². The van der Waals surface area contributed by atoms with Gasteiger partial charge in [-0.2, -0.15) is 5.10 Å². The Morgan fingerprint density at radius 1 is 1.50 bits per heavy atom. The summed E-state index contributed by atoms with van der Waals surface area (Å²) < 4.78 is 1.91. The van der Waals surface area contributed by atoms with Crippen LogP contribution in [-0.4, -0.2) is 21.4 Å². The van der Waals surface area contributed by atoms with Crippen molar-refractivity contribution in [3.63, 3.8) is 0 Å². The SMILES string of the molecule is CCn1nc(C)c([C@@H](O)CCN)c1C. The van der Waals surface area contributed by atoms with Crippen LogP contribution in [0, 0.1) is 13.8 Å². The molecule has 0 bridgehead atoms. The number of nitrogens with zero attached hydrogens (tertiary/aromatic N) is 2. The molecular weight excluding hydrogens is 178 g/mol. The standard InChI is InChI=1S/C10H19N3O/c1-4-13-8(3)10(7(2)12-13)9(14)5-6-11/h9,14H,4-6,11H2,1-3H3/t9-/m0/s1. The first-order valence-corrected chi connectivity index (χ1v) is 5.03. The highest BCUT2D eigenvalue weighted by Crippen LogP contribution is 2.23. The van der Waals surface area contributed by atoms with E-state index in [2.05, 4.69) is 5.10 Å². The maximum absolute atomic E-state index is 9.86. The third kappa shape index (κ3) is 1.96. The van der Waals surface area contributed by atoms with E-state index in [1.165, 1.54) is 0 Å². The van der Waals surface area contributed by atoms with E-state index in [1.807, 2.05) is 25.5 Å². The monoisotopic (exact) mass is 197 g/mol. The average molecular weight is 197 g/mol. The molecule has 4 nitrogen and oxygen atoms in total. The average Bonchev–Trinajstić information content (AvgIpc) is 2.41. The van der Waals surface area contributed by atoms with Gasteiger partial charge in [0.15, 0.2) is 0 Å². The molecular formula is C10H19N3O. The lowest BCUT2D eigenvalue weighted by molar-refractivity contribution is 0.169. The molecule has 0 radical (unpaired) electrons. The maximum atomic E-state index is 9.86. The van der Waals surface area contributed by atoms with Crippen molar-refractivity contribution in [3.8, 4) is 0 Å². The predicted molar refractivity (Wildman–Crippen MR) is 56.0 cm³/mol. The zero-order chi connectivity index (χ0) is 10.7. The normalized spacial score (nSPS) is 13.2. The van der Waals surface area contributed by atoms with Crippen LogP contribution in [0.2, 0.25) is 0 Å². The fraction of sp³-hybridized carbons (Fsp3) is 0.700. The molecule has 0 fully saturated rings. The lowest BCUT2D eigenvalue weighted by Crippen LogP contribution is -2.08. The van der Waals surface area contributed by atoms with Gasteiger partial charge < -0.3 is 10.8 Å². The van der Waals surface area contributed by atoms with Crippen molar-refractivity contribution in [1.82, 2.24) is 9.78 Å². The molecule has 1 aromatic heterocycles. The van der Waals surface area contributed by atoms with Gasteiger partial charge in [0.25, 0.3) is 0 Å². The van der Waals surface area contributed by atoms with Gasteiger partial charge in [-0.1, -0.05) is 0 Å². The quantitative estimate of drug-likeness (QED) is 0.753. The molecule has 1 aromatic rings. The van der Waals surface area contributed by atoms with Gasteiger partial charge in [0, 0.05) is 17.8 Å². The topological polar surface area (TPSA) is 64.1 Å². The Bertz CT molecular complexity index is 307. The molecule has 1 rings (SSSR count). The van der Waals surface area contributed by atoms with E-state index in [0.29, 0.717) is 13.0 Å². The highest BCUT2D eigenvalue weighted by atomic mass is 16.3. The first kappa shape index (κ1) is 11.2. The molecule has 0 aliphatic heterocycles. The van der Waals surface area contributed by atoms with Crippen LogP contribution in [0.15, 0.2) is 0 Å². The second-order valence-corrected chi connectivity index (χ2v) is 3.49. The van der Waals surface area contributed by atoms with E-state index >= 15 is 0 Å². The van der Waals surface area contributed by atoms with Gasteiger partial charge in [-0.3, -0.25) is 4.68 Å². The molecule has 3 N–H and O–H groups in total. The third-order valence-electron chi connectivity index (χ3n) is 2.51. The van der Waals surface area contributed by atoms with Gasteiger partial charge in [0.1, 0.15) is 0 Å². The van der Waals surface area contributed by atoms with Crippen LogP contribution in [0.3, 0.4) is 0 Å². The molecule has 1 atom stereocenters. The molecule has 14 heavy (non-hydrogen) atoms. The molecule has 0 aliphatic carbocycles. The Morgan fingerprint density at radius 3 is 2.57 bits per heavy atom. The number of hydrogen-bond acceptors (Lipinski definition) is 3. The predicted octanol–water partition coefficient (Wildman–Crippen LogP) is 0.902. The molecule has 0 amide bonds. The van der Waals surface area contributed by atoms with E-state index in [9.17, 15) is 5.11 Å². The minimum atomic E-state index is -0.472. The van der Waals surface area contributed by atoms with Crippen molar-refractivity contribution in [1.29, 1.82) is 0 Å². The van der Waals surface area contributed by atoms with Gasteiger partial charge in [-0.15, -0.1) is 0 Å². The summed E-state index contributed by atoms with van der Waals surface area (Å²) in [7, 11) is 0. The lowest BCUT2D eigenvalue weighted by Gasteiger charge is -2.09. The largest absolute Gasteiger partial charge is 0.388 e. The first-order chi connectivity index (χ1) is 6.61. The fourth-order valence-corrected chi connectivity index (χ4v) is 1.80. The summed E-state index contributed by atoms with van der Waals surface area (Å²) in [5.74, 6) is 0. The molecule has 0 saturated heterocycles. The molecule has 0 spiro atoms. The number of nitrogens with two attached hydrogens (primary N) is 1. The molecule has 0 saturated carbocycles. The zero-order valence-electron chi connectivity index (χ0n) is 9.12. The van der Waals surface area contributed by atoms with E-state index in [0.717, 1.165) is 23.5 Å². The summed E-state index contributed by atoms with van der Waals surface area (Å²) in [4.78, 5) is 0. The Balaban J connectivity index is 3.01. The van der Waals surface area contributed by atoms with Crippen LogP contribution < -0.4 is 5.73 Å². The van der Waals surface area contributed by atoms with Gasteiger partial charge >= 0.3 is 0 Å². The molecule has 0 aliphatic rings. The van der Waals surface area contributed by atoms with Gasteiger partial charge in [0.05, 0.1) is 11.8 Å². The Hall–Kier alpha value is -0.870. The molecule has 0 unspecified atom stereocenters. The fourth-order valence-electron chi connectivity index (χ4n) is 1.80. The Kier molecular flexibility index (Phi) is 3.66. The number of rotatable bonds is 4. The van der Waals surface area contributed by atoms with Crippen LogP contribution in [-0.2, 0) is 6.54 Å². The van der Waals surface area contributed by atoms with E-state index in [-0.39, 0.29) is 0 Å². The smallest absolute Gasteiger partial charge is 0.0837 e. The lowest BCUT2D eigenvalue weighted by atomic mass is 10.1. The number of aromatic nitrogens is 2. The van der Waals surface area contributed by atoms with Gasteiger partial charge in [-0.05, 0) is 33.7 Å². The second-order valence-electron chi connectivity index (χ2n) is 3.49. The van der Waals surface area contributed by atoms with Crippen LogP contribution in [0.5, 0.6) is 0 Å². The summed E-state index contributed by atoms with van der Waals surface area (Å²) in [5.41, 5.74) is 8.32. The van der Waals surface area contributed by atoms with Crippen LogP contribution in [0.1, 0.15) is 36.4 Å². The van der Waals surface area contributed by atoms with Crippen molar-refractivity contribution in [2.75, 3.05) is 6.54 Å². The van der Waals surface area contributed by atoms with Crippen molar-refractivity contribution < 1.29 is 5.11 Å². The first-order valence-electron chi connectivity index (χ1n) is 5.03. The van der Waals surface area contributed by atoms with E-state index < -0.39 is 6.10 Å². The highest BCUT2D eigenvalue weighted by Gasteiger charge is 2.17. The van der Waals surface area contributed by atoms with E-state index in [1.54, 1.807) is 0 Å². The molecule has 4 heteroatoms. The van der Waals surface area contributed by atoms with Crippen LogP contribution in [0.25, 0.3) is 0 Å². The number of aliphatic hydroxyl groups is 1. The second kappa shape index (κ2) is 4.57. The highest BCUT2D eigenvalue weighted by molar-refractivity contribution is 5.26. The van der Waals surface area contributed by atoms with Crippen molar-refractivity contribution >= 4 is 0 Å².